The van der Waals surface area contributed by atoms with Gasteiger partial charge < -0.3 is 9.32 Å². The quantitative estimate of drug-likeness (QED) is 0.145. The van der Waals surface area contributed by atoms with Crippen LogP contribution in [0.25, 0.3) is 88.7 Å². The lowest BCUT2D eigenvalue weighted by Crippen LogP contribution is -2.10. The molecule has 11 aromatic rings. The fourth-order valence-electron chi connectivity index (χ4n) is 8.81. The van der Waals surface area contributed by atoms with Crippen molar-refractivity contribution in [3.05, 3.63) is 249 Å². The Morgan fingerprint density at radius 1 is 0.226 bits per heavy atom. The molecule has 2 heteroatoms. The van der Waals surface area contributed by atoms with Crippen LogP contribution in [0.1, 0.15) is 0 Å². The van der Waals surface area contributed by atoms with Crippen LogP contribution in [0, 0.1) is 0 Å². The highest BCUT2D eigenvalue weighted by Crippen LogP contribution is 2.43. The van der Waals surface area contributed by atoms with E-state index in [1.54, 1.807) is 0 Å². The number of para-hydroxylation sites is 1. The average Bonchev–Trinajstić information content (AvgIpc) is 3.73. The molecule has 0 aliphatic rings. The van der Waals surface area contributed by atoms with Gasteiger partial charge in [-0.1, -0.05) is 188 Å². The Bertz CT molecular complexity index is 3300. The Labute approximate surface area is 362 Å². The zero-order valence-electron chi connectivity index (χ0n) is 34.0. The van der Waals surface area contributed by atoms with Crippen molar-refractivity contribution in [3.63, 3.8) is 0 Å². The van der Waals surface area contributed by atoms with Gasteiger partial charge >= 0.3 is 0 Å². The van der Waals surface area contributed by atoms with Gasteiger partial charge in [-0.15, -0.1) is 0 Å². The van der Waals surface area contributed by atoms with Crippen molar-refractivity contribution in [2.24, 2.45) is 0 Å². The van der Waals surface area contributed by atoms with Crippen molar-refractivity contribution >= 4 is 39.0 Å². The van der Waals surface area contributed by atoms with E-state index in [1.807, 2.05) is 12.1 Å². The van der Waals surface area contributed by atoms with E-state index in [0.717, 1.165) is 55.7 Å². The van der Waals surface area contributed by atoms with Crippen LogP contribution in [0.3, 0.4) is 0 Å². The van der Waals surface area contributed by atoms with Gasteiger partial charge in [0, 0.05) is 27.8 Å². The van der Waals surface area contributed by atoms with Crippen LogP contribution in [0.4, 0.5) is 17.1 Å². The third-order valence-electron chi connectivity index (χ3n) is 11.9. The number of nitrogens with zero attached hydrogens (tertiary/aromatic N) is 1. The van der Waals surface area contributed by atoms with E-state index in [4.69, 9.17) is 4.42 Å². The van der Waals surface area contributed by atoms with Gasteiger partial charge in [0.1, 0.15) is 11.2 Å². The van der Waals surface area contributed by atoms with E-state index < -0.39 is 0 Å². The fourth-order valence-corrected chi connectivity index (χ4v) is 8.81. The third-order valence-corrected chi connectivity index (χ3v) is 11.9. The molecule has 0 saturated heterocycles. The molecule has 1 aromatic heterocycles. The van der Waals surface area contributed by atoms with Crippen LogP contribution >= 0.6 is 0 Å². The molecular formula is C60H41NO. The van der Waals surface area contributed by atoms with Gasteiger partial charge in [-0.05, 0) is 127 Å². The topological polar surface area (TPSA) is 16.4 Å². The van der Waals surface area contributed by atoms with Crippen LogP contribution < -0.4 is 4.90 Å². The first-order valence-corrected chi connectivity index (χ1v) is 21.2. The predicted octanol–water partition coefficient (Wildman–Crippen LogP) is 17.1. The summed E-state index contributed by atoms with van der Waals surface area (Å²) in [5.74, 6) is 0. The first kappa shape index (κ1) is 36.8. The molecule has 0 aliphatic heterocycles. The summed E-state index contributed by atoms with van der Waals surface area (Å²) in [6, 6.07) is 89.1. The predicted molar refractivity (Wildman–Crippen MR) is 261 cm³/mol. The lowest BCUT2D eigenvalue weighted by Gasteiger charge is -2.27. The molecule has 0 bridgehead atoms. The zero-order valence-corrected chi connectivity index (χ0v) is 34.0. The summed E-state index contributed by atoms with van der Waals surface area (Å²) in [4.78, 5) is 2.37. The highest BCUT2D eigenvalue weighted by atomic mass is 16.3. The van der Waals surface area contributed by atoms with Crippen LogP contribution in [-0.2, 0) is 0 Å². The molecule has 0 atom stereocenters. The summed E-state index contributed by atoms with van der Waals surface area (Å²) in [6.07, 6.45) is 0. The second kappa shape index (κ2) is 16.1. The number of fused-ring (bicyclic) bond motifs is 3. The first-order valence-electron chi connectivity index (χ1n) is 21.2. The monoisotopic (exact) mass is 791 g/mol. The average molecular weight is 792 g/mol. The highest BCUT2D eigenvalue weighted by molar-refractivity contribution is 6.07. The molecular weight excluding hydrogens is 751 g/mol. The summed E-state index contributed by atoms with van der Waals surface area (Å²) in [6.45, 7) is 0. The Balaban J connectivity index is 1.01. The standard InChI is InChI=1S/C60H41NO/c1-5-15-42(16-6-1)43-25-31-50(32-26-43)61(52-35-37-53(45-17-7-2-8-18-45)57(41-52)47-21-11-4-12-22-47)51-33-27-44(28-34-51)48-29-36-54(56(39-48)46-19-9-3-10-20-46)49-30-38-60-58(40-49)55-23-13-14-24-59(55)62-60/h1-41H. The van der Waals surface area contributed by atoms with E-state index in [9.17, 15) is 0 Å². The second-order valence-electron chi connectivity index (χ2n) is 15.7. The van der Waals surface area contributed by atoms with E-state index >= 15 is 0 Å². The number of rotatable bonds is 9. The summed E-state index contributed by atoms with van der Waals surface area (Å²) in [5, 5.41) is 2.26. The number of anilines is 3. The molecule has 0 fully saturated rings. The molecule has 0 radical (unpaired) electrons. The second-order valence-corrected chi connectivity index (χ2v) is 15.7. The molecule has 0 spiro atoms. The maximum Gasteiger partial charge on any atom is 0.135 e. The molecule has 11 rings (SSSR count). The molecule has 10 aromatic carbocycles. The first-order chi connectivity index (χ1) is 30.7. The third kappa shape index (κ3) is 7.04. The van der Waals surface area contributed by atoms with E-state index in [0.29, 0.717) is 0 Å². The Hall–Kier alpha value is -8.20. The van der Waals surface area contributed by atoms with Gasteiger partial charge in [0.2, 0.25) is 0 Å². The SMILES string of the molecule is c1ccc(-c2ccc(N(c3ccc(-c4ccc(-c5ccc6oc7ccccc7c6c5)c(-c5ccccc5)c4)cc3)c3ccc(-c4ccccc4)c(-c4ccccc4)c3)cc2)cc1. The van der Waals surface area contributed by atoms with E-state index in [-0.39, 0.29) is 0 Å². The molecule has 1 heterocycles. The normalized spacial score (nSPS) is 11.2. The Kier molecular flexibility index (Phi) is 9.57. The minimum absolute atomic E-state index is 0.900. The van der Waals surface area contributed by atoms with Crippen molar-refractivity contribution < 1.29 is 4.42 Å². The minimum atomic E-state index is 0.900. The number of furan rings is 1. The van der Waals surface area contributed by atoms with Crippen molar-refractivity contribution in [2.75, 3.05) is 4.90 Å². The summed E-state index contributed by atoms with van der Waals surface area (Å²) in [7, 11) is 0. The molecule has 0 aliphatic carbocycles. The number of hydrogen-bond donors (Lipinski definition) is 0. The van der Waals surface area contributed by atoms with Crippen molar-refractivity contribution in [3.8, 4) is 66.8 Å². The van der Waals surface area contributed by atoms with E-state index in [2.05, 4.69) is 241 Å². The van der Waals surface area contributed by atoms with Crippen LogP contribution in [-0.4, -0.2) is 0 Å². The summed E-state index contributed by atoms with van der Waals surface area (Å²) in [5.41, 5.74) is 19.2. The van der Waals surface area contributed by atoms with Crippen LogP contribution in [0.5, 0.6) is 0 Å². The molecule has 292 valence electrons. The lowest BCUT2D eigenvalue weighted by atomic mass is 9.90. The Morgan fingerprint density at radius 2 is 0.629 bits per heavy atom. The number of benzene rings is 10. The van der Waals surface area contributed by atoms with Gasteiger partial charge in [0.05, 0.1) is 0 Å². The molecule has 62 heavy (non-hydrogen) atoms. The van der Waals surface area contributed by atoms with Crippen LogP contribution in [0.2, 0.25) is 0 Å². The van der Waals surface area contributed by atoms with Crippen molar-refractivity contribution in [2.45, 2.75) is 0 Å². The molecule has 0 N–H and O–H groups in total. The van der Waals surface area contributed by atoms with Crippen LogP contribution in [0.15, 0.2) is 253 Å². The molecule has 0 amide bonds. The fraction of sp³-hybridized carbons (Fsp3) is 0. The lowest BCUT2D eigenvalue weighted by molar-refractivity contribution is 0.669. The van der Waals surface area contributed by atoms with Gasteiger partial charge in [-0.25, -0.2) is 0 Å². The maximum absolute atomic E-state index is 6.19. The highest BCUT2D eigenvalue weighted by Gasteiger charge is 2.18. The van der Waals surface area contributed by atoms with Gasteiger partial charge in [0.15, 0.2) is 0 Å². The number of hydrogen-bond acceptors (Lipinski definition) is 2. The van der Waals surface area contributed by atoms with Gasteiger partial charge in [-0.2, -0.15) is 0 Å². The summed E-state index contributed by atoms with van der Waals surface area (Å²) >= 11 is 0. The zero-order chi connectivity index (χ0) is 41.2. The Morgan fingerprint density at radius 3 is 1.24 bits per heavy atom. The van der Waals surface area contributed by atoms with Gasteiger partial charge in [-0.3, -0.25) is 0 Å². The summed E-state index contributed by atoms with van der Waals surface area (Å²) < 4.78 is 6.19. The largest absolute Gasteiger partial charge is 0.456 e. The van der Waals surface area contributed by atoms with Gasteiger partial charge in [0.25, 0.3) is 0 Å². The van der Waals surface area contributed by atoms with E-state index in [1.165, 1.54) is 50.1 Å². The maximum atomic E-state index is 6.19. The van der Waals surface area contributed by atoms with Crippen molar-refractivity contribution in [1.29, 1.82) is 0 Å². The van der Waals surface area contributed by atoms with Crippen molar-refractivity contribution in [1.82, 2.24) is 0 Å². The molecule has 0 unspecified atom stereocenters. The molecule has 2 nitrogen and oxygen atoms in total. The molecule has 0 saturated carbocycles. The minimum Gasteiger partial charge on any atom is -0.456 e. The smallest absolute Gasteiger partial charge is 0.135 e.